The van der Waals surface area contributed by atoms with Gasteiger partial charge in [0.2, 0.25) is 5.91 Å². The molecule has 2 N–H and O–H groups in total. The van der Waals surface area contributed by atoms with Crippen LogP contribution in [0.1, 0.15) is 30.3 Å². The number of carbonyl (C=O) groups excluding carboxylic acids is 1. The van der Waals surface area contributed by atoms with Crippen LogP contribution in [-0.4, -0.2) is 26.5 Å². The zero-order chi connectivity index (χ0) is 14.8. The molecule has 1 unspecified atom stereocenters. The number of nitrogens with zero attached hydrogens (tertiary/aromatic N) is 3. The molecule has 1 heterocycles. The predicted octanol–water partition coefficient (Wildman–Crippen LogP) is 2.27. The molecule has 1 aliphatic rings. The van der Waals surface area contributed by atoms with Gasteiger partial charge in [0, 0.05) is 17.8 Å². The van der Waals surface area contributed by atoms with Crippen LogP contribution in [0.5, 0.6) is 0 Å². The summed E-state index contributed by atoms with van der Waals surface area (Å²) in [6, 6.07) is 4.20. The molecule has 2 aromatic rings. The third-order valence-corrected chi connectivity index (χ3v) is 4.44. The van der Waals surface area contributed by atoms with Gasteiger partial charge in [0.1, 0.15) is 0 Å². The first-order valence-corrected chi connectivity index (χ1v) is 7.72. The SMILES string of the molecule is CC(=O)Nc1cc2c(cc1Br)CC(CCc1nn[nH]n1)C2. The van der Waals surface area contributed by atoms with Crippen molar-refractivity contribution in [1.29, 1.82) is 0 Å². The Balaban J connectivity index is 1.67. The maximum absolute atomic E-state index is 11.2. The van der Waals surface area contributed by atoms with Gasteiger partial charge in [-0.25, -0.2) is 0 Å². The first-order valence-electron chi connectivity index (χ1n) is 6.93. The second kappa shape index (κ2) is 5.93. The van der Waals surface area contributed by atoms with Gasteiger partial charge < -0.3 is 5.32 Å². The Morgan fingerprint density at radius 1 is 1.43 bits per heavy atom. The highest BCUT2D eigenvalue weighted by Gasteiger charge is 2.23. The Kier molecular flexibility index (Phi) is 4.01. The third kappa shape index (κ3) is 3.29. The number of fused-ring (bicyclic) bond motifs is 1. The van der Waals surface area contributed by atoms with Crippen LogP contribution in [0, 0.1) is 5.92 Å². The number of hydrogen-bond donors (Lipinski definition) is 2. The number of nitrogens with one attached hydrogen (secondary N) is 2. The number of aromatic amines is 1. The van der Waals surface area contributed by atoms with E-state index in [4.69, 9.17) is 0 Å². The van der Waals surface area contributed by atoms with Gasteiger partial charge in [0.25, 0.3) is 0 Å². The van der Waals surface area contributed by atoms with Gasteiger partial charge >= 0.3 is 0 Å². The first kappa shape index (κ1) is 14.2. The molecule has 1 aliphatic carbocycles. The topological polar surface area (TPSA) is 83.6 Å². The van der Waals surface area contributed by atoms with Gasteiger partial charge in [0.05, 0.1) is 5.69 Å². The van der Waals surface area contributed by atoms with Crippen molar-refractivity contribution in [3.63, 3.8) is 0 Å². The molecule has 7 heteroatoms. The van der Waals surface area contributed by atoms with Crippen molar-refractivity contribution in [3.8, 4) is 0 Å². The molecule has 1 atom stereocenters. The standard InChI is InChI=1S/C14H16BrN5O/c1-8(21)16-13-7-11-5-9(4-10(11)6-12(13)15)2-3-14-17-19-20-18-14/h6-7,9H,2-5H2,1H3,(H,16,21)(H,17,18,19,20). The molecule has 1 amide bonds. The van der Waals surface area contributed by atoms with E-state index in [1.165, 1.54) is 18.1 Å². The maximum atomic E-state index is 11.2. The van der Waals surface area contributed by atoms with Crippen LogP contribution < -0.4 is 5.32 Å². The van der Waals surface area contributed by atoms with Gasteiger partial charge in [-0.15, -0.1) is 10.2 Å². The Bertz CT molecular complexity index is 656. The van der Waals surface area contributed by atoms with Gasteiger partial charge in [-0.05, 0) is 64.4 Å². The lowest BCUT2D eigenvalue weighted by molar-refractivity contribution is -0.114. The number of anilines is 1. The van der Waals surface area contributed by atoms with Crippen molar-refractivity contribution in [2.24, 2.45) is 5.92 Å². The molecule has 3 rings (SSSR count). The minimum absolute atomic E-state index is 0.0534. The van der Waals surface area contributed by atoms with E-state index in [1.54, 1.807) is 0 Å². The van der Waals surface area contributed by atoms with E-state index in [9.17, 15) is 4.79 Å². The van der Waals surface area contributed by atoms with Crippen molar-refractivity contribution in [2.45, 2.75) is 32.6 Å². The summed E-state index contributed by atoms with van der Waals surface area (Å²) in [5, 5.41) is 16.9. The fourth-order valence-electron chi connectivity index (χ4n) is 2.84. The van der Waals surface area contributed by atoms with E-state index >= 15 is 0 Å². The monoisotopic (exact) mass is 349 g/mol. The van der Waals surface area contributed by atoms with Crippen molar-refractivity contribution in [3.05, 3.63) is 33.6 Å². The molecule has 0 saturated heterocycles. The quantitative estimate of drug-likeness (QED) is 0.886. The summed E-state index contributed by atoms with van der Waals surface area (Å²) in [6.45, 7) is 1.52. The number of aromatic nitrogens is 4. The minimum atomic E-state index is -0.0534. The third-order valence-electron chi connectivity index (χ3n) is 3.78. The van der Waals surface area contributed by atoms with E-state index in [0.717, 1.165) is 41.7 Å². The molecule has 1 aromatic heterocycles. The number of benzene rings is 1. The molecule has 0 radical (unpaired) electrons. The maximum Gasteiger partial charge on any atom is 0.221 e. The molecular weight excluding hydrogens is 334 g/mol. The van der Waals surface area contributed by atoms with Crippen LogP contribution in [0.3, 0.4) is 0 Å². The van der Waals surface area contributed by atoms with Crippen molar-refractivity contribution < 1.29 is 4.79 Å². The largest absolute Gasteiger partial charge is 0.325 e. The number of halogens is 1. The first-order chi connectivity index (χ1) is 10.1. The zero-order valence-electron chi connectivity index (χ0n) is 11.7. The van der Waals surface area contributed by atoms with Crippen LogP contribution >= 0.6 is 15.9 Å². The summed E-state index contributed by atoms with van der Waals surface area (Å²) in [5.74, 6) is 1.31. The second-order valence-electron chi connectivity index (χ2n) is 5.42. The molecule has 0 saturated carbocycles. The lowest BCUT2D eigenvalue weighted by Gasteiger charge is -2.08. The van der Waals surface area contributed by atoms with Crippen LogP contribution in [0.15, 0.2) is 16.6 Å². The fourth-order valence-corrected chi connectivity index (χ4v) is 3.33. The molecule has 0 spiro atoms. The minimum Gasteiger partial charge on any atom is -0.325 e. The van der Waals surface area contributed by atoms with Crippen LogP contribution in [0.2, 0.25) is 0 Å². The molecule has 6 nitrogen and oxygen atoms in total. The van der Waals surface area contributed by atoms with E-state index in [0.29, 0.717) is 5.92 Å². The van der Waals surface area contributed by atoms with Gasteiger partial charge in [-0.2, -0.15) is 5.21 Å². The number of H-pyrrole nitrogens is 1. The molecule has 1 aromatic carbocycles. The summed E-state index contributed by atoms with van der Waals surface area (Å²) in [5.41, 5.74) is 3.52. The lowest BCUT2D eigenvalue weighted by atomic mass is 10.00. The molecule has 110 valence electrons. The Labute approximate surface area is 130 Å². The van der Waals surface area contributed by atoms with Crippen LogP contribution in [0.4, 0.5) is 5.69 Å². The lowest BCUT2D eigenvalue weighted by Crippen LogP contribution is -2.06. The number of aryl methyl sites for hydroxylation is 1. The predicted molar refractivity (Wildman–Crippen MR) is 81.8 cm³/mol. The fraction of sp³-hybridized carbons (Fsp3) is 0.429. The summed E-state index contributed by atoms with van der Waals surface area (Å²) < 4.78 is 0.940. The van der Waals surface area contributed by atoms with Gasteiger partial charge in [0.15, 0.2) is 5.82 Å². The van der Waals surface area contributed by atoms with Crippen molar-refractivity contribution in [1.82, 2.24) is 20.6 Å². The molecule has 0 aliphatic heterocycles. The number of rotatable bonds is 4. The Morgan fingerprint density at radius 2 is 2.19 bits per heavy atom. The average Bonchev–Trinajstić information content (AvgIpc) is 3.05. The summed E-state index contributed by atoms with van der Waals surface area (Å²) in [6.07, 6.45) is 3.98. The highest BCUT2D eigenvalue weighted by Crippen LogP contribution is 2.35. The Morgan fingerprint density at radius 3 is 2.86 bits per heavy atom. The average molecular weight is 350 g/mol. The number of carbonyl (C=O) groups is 1. The number of hydrogen-bond acceptors (Lipinski definition) is 4. The highest BCUT2D eigenvalue weighted by atomic mass is 79.9. The van der Waals surface area contributed by atoms with E-state index in [1.807, 2.05) is 0 Å². The molecule has 0 bridgehead atoms. The van der Waals surface area contributed by atoms with E-state index < -0.39 is 0 Å². The van der Waals surface area contributed by atoms with Gasteiger partial charge in [-0.3, -0.25) is 4.79 Å². The smallest absolute Gasteiger partial charge is 0.221 e. The second-order valence-corrected chi connectivity index (χ2v) is 6.28. The molecule has 21 heavy (non-hydrogen) atoms. The highest BCUT2D eigenvalue weighted by molar-refractivity contribution is 9.10. The van der Waals surface area contributed by atoms with Gasteiger partial charge in [-0.1, -0.05) is 5.21 Å². The van der Waals surface area contributed by atoms with E-state index in [2.05, 4.69) is 54.0 Å². The number of tetrazole rings is 1. The summed E-state index contributed by atoms with van der Waals surface area (Å²) in [7, 11) is 0. The number of amides is 1. The van der Waals surface area contributed by atoms with Crippen molar-refractivity contribution in [2.75, 3.05) is 5.32 Å². The zero-order valence-corrected chi connectivity index (χ0v) is 13.3. The molecular formula is C14H16BrN5O. The molecule has 0 fully saturated rings. The Hall–Kier alpha value is -1.76. The van der Waals surface area contributed by atoms with E-state index in [-0.39, 0.29) is 5.91 Å². The van der Waals surface area contributed by atoms with Crippen molar-refractivity contribution >= 4 is 27.5 Å². The van der Waals surface area contributed by atoms with Crippen LogP contribution in [0.25, 0.3) is 0 Å². The summed E-state index contributed by atoms with van der Waals surface area (Å²) >= 11 is 3.52. The van der Waals surface area contributed by atoms with Crippen LogP contribution in [-0.2, 0) is 24.1 Å². The normalized spacial score (nSPS) is 16.8. The summed E-state index contributed by atoms with van der Waals surface area (Å²) in [4.78, 5) is 11.2.